The molecule has 0 N–H and O–H groups in total. The van der Waals surface area contributed by atoms with E-state index in [-0.39, 0.29) is 24.3 Å². The molecule has 72 valence electrons. The number of benzene rings is 2. The van der Waals surface area contributed by atoms with Crippen molar-refractivity contribution in [2.75, 3.05) is 0 Å². The van der Waals surface area contributed by atoms with E-state index in [9.17, 15) is 0 Å². The average molecular weight is 190 g/mol. The number of hydrogen-bond acceptors (Lipinski definition) is 0. The van der Waals surface area contributed by atoms with Gasteiger partial charge in [0.05, 0.1) is 0 Å². The van der Waals surface area contributed by atoms with Crippen LogP contribution in [0.5, 0.6) is 0 Å². The zero-order valence-corrected chi connectivity index (χ0v) is 9.96. The standard InChI is InChI=1S/C14H15.Li/c1-14(2,3)13-10-6-8-11-7-4-5-9-12(11)13;/h4-7,9-10H,1-3H3;/q-1;+1. The van der Waals surface area contributed by atoms with Crippen LogP contribution in [-0.2, 0) is 5.41 Å². The van der Waals surface area contributed by atoms with Gasteiger partial charge in [-0.25, -0.2) is 0 Å². The smallest absolute Gasteiger partial charge is 0.146 e. The molecule has 0 aliphatic heterocycles. The zero-order valence-electron chi connectivity index (χ0n) is 9.96. The van der Waals surface area contributed by atoms with Gasteiger partial charge in [-0.1, -0.05) is 32.9 Å². The fourth-order valence-corrected chi connectivity index (χ4v) is 1.80. The van der Waals surface area contributed by atoms with Crippen molar-refractivity contribution in [3.63, 3.8) is 0 Å². The molecule has 15 heavy (non-hydrogen) atoms. The van der Waals surface area contributed by atoms with Crippen LogP contribution in [0.2, 0.25) is 0 Å². The first kappa shape index (κ1) is 12.4. The van der Waals surface area contributed by atoms with E-state index in [1.807, 2.05) is 6.07 Å². The quantitative estimate of drug-likeness (QED) is 0.428. The summed E-state index contributed by atoms with van der Waals surface area (Å²) in [5.41, 5.74) is 1.60. The minimum atomic E-state index is 0. The molecule has 0 fully saturated rings. The summed E-state index contributed by atoms with van der Waals surface area (Å²) in [7, 11) is 0. The SMILES string of the molecule is CC(C)(C)c1cc[c-]c2ccccc12.[Li+]. The van der Waals surface area contributed by atoms with Crippen LogP contribution in [0.25, 0.3) is 10.8 Å². The summed E-state index contributed by atoms with van der Waals surface area (Å²) in [6, 6.07) is 15.9. The second-order valence-electron chi connectivity index (χ2n) is 4.69. The molecule has 0 aromatic heterocycles. The van der Waals surface area contributed by atoms with Gasteiger partial charge in [0.15, 0.2) is 0 Å². The third-order valence-electron chi connectivity index (χ3n) is 2.51. The van der Waals surface area contributed by atoms with Gasteiger partial charge < -0.3 is 0 Å². The van der Waals surface area contributed by atoms with Crippen LogP contribution in [0.15, 0.2) is 36.4 Å². The monoisotopic (exact) mass is 190 g/mol. The summed E-state index contributed by atoms with van der Waals surface area (Å²) in [5, 5.41) is 2.53. The first-order valence-electron chi connectivity index (χ1n) is 4.99. The van der Waals surface area contributed by atoms with Crippen molar-refractivity contribution in [2.45, 2.75) is 26.2 Å². The maximum Gasteiger partial charge on any atom is 1.00 e. The van der Waals surface area contributed by atoms with Gasteiger partial charge in [-0.05, 0) is 5.41 Å². The molecule has 0 aliphatic carbocycles. The Bertz CT molecular complexity index is 447. The number of hydrogen-bond donors (Lipinski definition) is 0. The van der Waals surface area contributed by atoms with E-state index >= 15 is 0 Å². The van der Waals surface area contributed by atoms with Crippen LogP contribution in [0.4, 0.5) is 0 Å². The van der Waals surface area contributed by atoms with E-state index in [2.05, 4.69) is 57.2 Å². The second kappa shape index (κ2) is 4.43. The first-order chi connectivity index (χ1) is 6.59. The van der Waals surface area contributed by atoms with Crippen molar-refractivity contribution in [1.82, 2.24) is 0 Å². The van der Waals surface area contributed by atoms with Crippen molar-refractivity contribution >= 4 is 10.8 Å². The minimum Gasteiger partial charge on any atom is -0.146 e. The Morgan fingerprint density at radius 3 is 2.33 bits per heavy atom. The second-order valence-corrected chi connectivity index (χ2v) is 4.69. The van der Waals surface area contributed by atoms with Crippen LogP contribution < -0.4 is 18.9 Å². The molecule has 0 saturated heterocycles. The van der Waals surface area contributed by atoms with Crippen molar-refractivity contribution < 1.29 is 18.9 Å². The Kier molecular flexibility index (Phi) is 3.66. The molecule has 0 nitrogen and oxygen atoms in total. The van der Waals surface area contributed by atoms with Gasteiger partial charge in [0.25, 0.3) is 0 Å². The van der Waals surface area contributed by atoms with Crippen LogP contribution in [0, 0.1) is 6.07 Å². The predicted octanol–water partition coefficient (Wildman–Crippen LogP) is 0.941. The van der Waals surface area contributed by atoms with Crippen LogP contribution in [0.3, 0.4) is 0 Å². The first-order valence-corrected chi connectivity index (χ1v) is 4.99. The molecule has 0 saturated carbocycles. The molecule has 0 atom stereocenters. The van der Waals surface area contributed by atoms with Gasteiger partial charge in [0.2, 0.25) is 0 Å². The number of rotatable bonds is 0. The Morgan fingerprint density at radius 2 is 1.67 bits per heavy atom. The van der Waals surface area contributed by atoms with Gasteiger partial charge in [0.1, 0.15) is 0 Å². The molecule has 0 amide bonds. The summed E-state index contributed by atoms with van der Waals surface area (Å²) >= 11 is 0. The van der Waals surface area contributed by atoms with Gasteiger partial charge in [-0.2, -0.15) is 0 Å². The van der Waals surface area contributed by atoms with E-state index in [0.29, 0.717) is 0 Å². The fraction of sp³-hybridized carbons (Fsp3) is 0.286. The van der Waals surface area contributed by atoms with Gasteiger partial charge >= 0.3 is 18.9 Å². The predicted molar refractivity (Wildman–Crippen MR) is 61.5 cm³/mol. The molecular formula is C14H15Li. The van der Waals surface area contributed by atoms with E-state index < -0.39 is 0 Å². The molecule has 0 bridgehead atoms. The van der Waals surface area contributed by atoms with E-state index in [0.717, 1.165) is 0 Å². The summed E-state index contributed by atoms with van der Waals surface area (Å²) in [6.45, 7) is 6.73. The average Bonchev–Trinajstić information content (AvgIpc) is 2.15. The van der Waals surface area contributed by atoms with Crippen molar-refractivity contribution in [1.29, 1.82) is 0 Å². The molecule has 2 aromatic carbocycles. The Balaban J connectivity index is 0.00000112. The topological polar surface area (TPSA) is 0 Å². The maximum atomic E-state index is 3.26. The number of fused-ring (bicyclic) bond motifs is 1. The largest absolute Gasteiger partial charge is 1.00 e. The molecular weight excluding hydrogens is 175 g/mol. The third-order valence-corrected chi connectivity index (χ3v) is 2.51. The van der Waals surface area contributed by atoms with E-state index in [4.69, 9.17) is 0 Å². The molecule has 0 unspecified atom stereocenters. The summed E-state index contributed by atoms with van der Waals surface area (Å²) in [4.78, 5) is 0. The molecule has 0 heterocycles. The minimum absolute atomic E-state index is 0. The molecule has 1 heteroatoms. The van der Waals surface area contributed by atoms with Gasteiger partial charge in [0, 0.05) is 0 Å². The fourth-order valence-electron chi connectivity index (χ4n) is 1.80. The van der Waals surface area contributed by atoms with Crippen molar-refractivity contribution in [3.8, 4) is 0 Å². The molecule has 2 aromatic rings. The van der Waals surface area contributed by atoms with Crippen molar-refractivity contribution in [2.24, 2.45) is 0 Å². The summed E-state index contributed by atoms with van der Waals surface area (Å²) in [5.74, 6) is 0. The van der Waals surface area contributed by atoms with Gasteiger partial charge in [-0.15, -0.1) is 46.7 Å². The third kappa shape index (κ3) is 2.45. The maximum absolute atomic E-state index is 3.26. The van der Waals surface area contributed by atoms with Gasteiger partial charge in [-0.3, -0.25) is 0 Å². The Hall–Kier alpha value is -0.703. The van der Waals surface area contributed by atoms with Crippen molar-refractivity contribution in [3.05, 3.63) is 48.0 Å². The zero-order chi connectivity index (χ0) is 10.2. The summed E-state index contributed by atoms with van der Waals surface area (Å²) in [6.07, 6.45) is 0. The van der Waals surface area contributed by atoms with Crippen LogP contribution >= 0.6 is 0 Å². The van der Waals surface area contributed by atoms with E-state index in [1.165, 1.54) is 16.3 Å². The summed E-state index contributed by atoms with van der Waals surface area (Å²) < 4.78 is 0. The molecule has 0 radical (unpaired) electrons. The van der Waals surface area contributed by atoms with E-state index in [1.54, 1.807) is 0 Å². The normalized spacial score (nSPS) is 11.1. The molecule has 2 rings (SSSR count). The van der Waals surface area contributed by atoms with Crippen LogP contribution in [-0.4, -0.2) is 0 Å². The molecule has 0 aliphatic rings. The van der Waals surface area contributed by atoms with Crippen LogP contribution in [0.1, 0.15) is 26.3 Å². The Labute approximate surface area is 104 Å². The Morgan fingerprint density at radius 1 is 1.00 bits per heavy atom. The molecule has 0 spiro atoms.